The molecule has 5 heteroatoms. The molecule has 5 nitrogen and oxygen atoms in total. The number of ether oxygens (including phenoxy) is 1. The van der Waals surface area contributed by atoms with Crippen LogP contribution in [-0.2, 0) is 11.3 Å². The van der Waals surface area contributed by atoms with E-state index in [9.17, 15) is 4.79 Å². The van der Waals surface area contributed by atoms with Crippen molar-refractivity contribution in [2.24, 2.45) is 0 Å². The summed E-state index contributed by atoms with van der Waals surface area (Å²) in [6, 6.07) is 18.5. The van der Waals surface area contributed by atoms with Crippen molar-refractivity contribution in [3.8, 4) is 5.75 Å². The molecule has 4 rings (SSSR count). The SMILES string of the molecule is COc1cccc(N2CCN(C(=O)Cn3c(C)cc4ccccc43)CC2)c1. The molecule has 1 saturated heterocycles. The molecule has 0 bridgehead atoms. The summed E-state index contributed by atoms with van der Waals surface area (Å²) in [6.45, 7) is 5.63. The number of hydrogen-bond acceptors (Lipinski definition) is 3. The molecule has 140 valence electrons. The summed E-state index contributed by atoms with van der Waals surface area (Å²) in [6.07, 6.45) is 0. The van der Waals surface area contributed by atoms with E-state index in [1.54, 1.807) is 7.11 Å². The second kappa shape index (κ2) is 7.35. The highest BCUT2D eigenvalue weighted by Gasteiger charge is 2.22. The average molecular weight is 363 g/mol. The number of methoxy groups -OCH3 is 1. The number of piperazine rings is 1. The van der Waals surface area contributed by atoms with E-state index in [0.29, 0.717) is 6.54 Å². The van der Waals surface area contributed by atoms with Crippen molar-refractivity contribution >= 4 is 22.5 Å². The van der Waals surface area contributed by atoms with Crippen molar-refractivity contribution in [1.29, 1.82) is 0 Å². The zero-order valence-corrected chi connectivity index (χ0v) is 15.9. The van der Waals surface area contributed by atoms with Gasteiger partial charge in [-0.2, -0.15) is 0 Å². The van der Waals surface area contributed by atoms with Gasteiger partial charge in [-0.25, -0.2) is 0 Å². The largest absolute Gasteiger partial charge is 0.497 e. The van der Waals surface area contributed by atoms with Crippen molar-refractivity contribution in [3.05, 3.63) is 60.3 Å². The molecule has 0 saturated carbocycles. The fraction of sp³-hybridized carbons (Fsp3) is 0.318. The normalized spacial score (nSPS) is 14.6. The molecular formula is C22H25N3O2. The number of fused-ring (bicyclic) bond motifs is 1. The smallest absolute Gasteiger partial charge is 0.242 e. The first kappa shape index (κ1) is 17.5. The Labute approximate surface area is 159 Å². The maximum Gasteiger partial charge on any atom is 0.242 e. The van der Waals surface area contributed by atoms with Gasteiger partial charge in [0.2, 0.25) is 5.91 Å². The number of carbonyl (C=O) groups excluding carboxylic acids is 1. The first-order chi connectivity index (χ1) is 13.2. The fourth-order valence-electron chi connectivity index (χ4n) is 3.81. The number of anilines is 1. The predicted octanol–water partition coefficient (Wildman–Crippen LogP) is 3.31. The van der Waals surface area contributed by atoms with Crippen LogP contribution in [0.15, 0.2) is 54.6 Å². The molecule has 1 amide bonds. The molecule has 2 aromatic carbocycles. The molecule has 1 fully saturated rings. The maximum atomic E-state index is 12.9. The van der Waals surface area contributed by atoms with Crippen LogP contribution in [0.3, 0.4) is 0 Å². The Morgan fingerprint density at radius 3 is 2.56 bits per heavy atom. The van der Waals surface area contributed by atoms with E-state index in [-0.39, 0.29) is 5.91 Å². The highest BCUT2D eigenvalue weighted by Crippen LogP contribution is 2.23. The minimum Gasteiger partial charge on any atom is -0.497 e. The molecule has 0 aliphatic carbocycles. The number of nitrogens with zero attached hydrogens (tertiary/aromatic N) is 3. The first-order valence-electron chi connectivity index (χ1n) is 9.37. The van der Waals surface area contributed by atoms with Gasteiger partial charge in [0.05, 0.1) is 7.11 Å². The second-order valence-corrected chi connectivity index (χ2v) is 7.00. The Balaban J connectivity index is 1.42. The summed E-state index contributed by atoms with van der Waals surface area (Å²) < 4.78 is 7.43. The quantitative estimate of drug-likeness (QED) is 0.714. The van der Waals surface area contributed by atoms with Crippen molar-refractivity contribution < 1.29 is 9.53 Å². The van der Waals surface area contributed by atoms with Crippen molar-refractivity contribution in [2.45, 2.75) is 13.5 Å². The van der Waals surface area contributed by atoms with Gasteiger partial charge >= 0.3 is 0 Å². The van der Waals surface area contributed by atoms with Crippen molar-refractivity contribution in [2.75, 3.05) is 38.2 Å². The standard InChI is InChI=1S/C22H25N3O2/c1-17-14-18-6-3-4-9-21(18)25(17)16-22(26)24-12-10-23(11-13-24)19-7-5-8-20(15-19)27-2/h3-9,14-15H,10-13,16H2,1-2H3. The highest BCUT2D eigenvalue weighted by atomic mass is 16.5. The van der Waals surface area contributed by atoms with Crippen LogP contribution in [-0.4, -0.2) is 48.7 Å². The number of hydrogen-bond donors (Lipinski definition) is 0. The fourth-order valence-corrected chi connectivity index (χ4v) is 3.81. The topological polar surface area (TPSA) is 37.7 Å². The molecule has 0 atom stereocenters. The van der Waals surface area contributed by atoms with Gasteiger partial charge in [0.15, 0.2) is 0 Å². The Kier molecular flexibility index (Phi) is 4.75. The number of para-hydroxylation sites is 1. The summed E-state index contributed by atoms with van der Waals surface area (Å²) in [5.41, 5.74) is 3.40. The summed E-state index contributed by atoms with van der Waals surface area (Å²) in [5.74, 6) is 1.05. The molecule has 2 heterocycles. The van der Waals surface area contributed by atoms with Crippen molar-refractivity contribution in [3.63, 3.8) is 0 Å². The van der Waals surface area contributed by atoms with Gasteiger partial charge in [0, 0.05) is 49.1 Å². The molecule has 0 radical (unpaired) electrons. The maximum absolute atomic E-state index is 12.9. The number of rotatable bonds is 4. The number of aryl methyl sites for hydroxylation is 1. The Morgan fingerprint density at radius 2 is 1.78 bits per heavy atom. The lowest BCUT2D eigenvalue weighted by atomic mass is 10.2. The van der Waals surface area contributed by atoms with Gasteiger partial charge in [0.1, 0.15) is 12.3 Å². The van der Waals surface area contributed by atoms with Gasteiger partial charge in [-0.05, 0) is 36.6 Å². The lowest BCUT2D eigenvalue weighted by Crippen LogP contribution is -2.49. The molecule has 0 unspecified atom stereocenters. The van der Waals surface area contributed by atoms with Crippen LogP contribution in [0.25, 0.3) is 10.9 Å². The van der Waals surface area contributed by atoms with E-state index < -0.39 is 0 Å². The molecule has 0 N–H and O–H groups in total. The van der Waals surface area contributed by atoms with Crippen LogP contribution in [0.1, 0.15) is 5.69 Å². The number of aromatic nitrogens is 1. The molecule has 0 spiro atoms. The van der Waals surface area contributed by atoms with E-state index in [4.69, 9.17) is 4.74 Å². The Bertz CT molecular complexity index is 955. The van der Waals surface area contributed by atoms with E-state index in [0.717, 1.165) is 48.8 Å². The number of amides is 1. The third kappa shape index (κ3) is 3.50. The molecule has 1 aliphatic heterocycles. The zero-order valence-electron chi connectivity index (χ0n) is 15.9. The van der Waals surface area contributed by atoms with Crippen LogP contribution >= 0.6 is 0 Å². The Hall–Kier alpha value is -2.95. The third-order valence-electron chi connectivity index (χ3n) is 5.36. The van der Waals surface area contributed by atoms with Crippen LogP contribution in [0.2, 0.25) is 0 Å². The average Bonchev–Trinajstić information content (AvgIpc) is 3.03. The van der Waals surface area contributed by atoms with Crippen LogP contribution < -0.4 is 9.64 Å². The third-order valence-corrected chi connectivity index (χ3v) is 5.36. The summed E-state index contributed by atoms with van der Waals surface area (Å²) >= 11 is 0. The van der Waals surface area contributed by atoms with Gasteiger partial charge in [-0.1, -0.05) is 24.3 Å². The Morgan fingerprint density at radius 1 is 1.00 bits per heavy atom. The van der Waals surface area contributed by atoms with Gasteiger partial charge in [-0.15, -0.1) is 0 Å². The van der Waals surface area contributed by atoms with Gasteiger partial charge in [0.25, 0.3) is 0 Å². The number of carbonyl (C=O) groups is 1. The van der Waals surface area contributed by atoms with E-state index in [2.05, 4.69) is 40.7 Å². The zero-order chi connectivity index (χ0) is 18.8. The predicted molar refractivity (Wildman–Crippen MR) is 108 cm³/mol. The first-order valence-corrected chi connectivity index (χ1v) is 9.37. The monoisotopic (exact) mass is 363 g/mol. The van der Waals surface area contributed by atoms with E-state index >= 15 is 0 Å². The minimum absolute atomic E-state index is 0.185. The second-order valence-electron chi connectivity index (χ2n) is 7.00. The minimum atomic E-state index is 0.185. The van der Waals surface area contributed by atoms with E-state index in [1.807, 2.05) is 35.2 Å². The molecule has 1 aromatic heterocycles. The van der Waals surface area contributed by atoms with Crippen LogP contribution in [0.4, 0.5) is 5.69 Å². The highest BCUT2D eigenvalue weighted by molar-refractivity contribution is 5.84. The van der Waals surface area contributed by atoms with Crippen LogP contribution in [0.5, 0.6) is 5.75 Å². The van der Waals surface area contributed by atoms with Gasteiger partial charge in [-0.3, -0.25) is 4.79 Å². The lowest BCUT2D eigenvalue weighted by molar-refractivity contribution is -0.132. The summed E-state index contributed by atoms with van der Waals surface area (Å²) in [7, 11) is 1.68. The van der Waals surface area contributed by atoms with E-state index in [1.165, 1.54) is 5.39 Å². The molecule has 3 aromatic rings. The lowest BCUT2D eigenvalue weighted by Gasteiger charge is -2.36. The van der Waals surface area contributed by atoms with Crippen LogP contribution in [0, 0.1) is 6.92 Å². The number of benzene rings is 2. The van der Waals surface area contributed by atoms with Crippen molar-refractivity contribution in [1.82, 2.24) is 9.47 Å². The molecule has 1 aliphatic rings. The molecular weight excluding hydrogens is 338 g/mol. The summed E-state index contributed by atoms with van der Waals surface area (Å²) in [4.78, 5) is 17.2. The van der Waals surface area contributed by atoms with Gasteiger partial charge < -0.3 is 19.1 Å². The molecule has 27 heavy (non-hydrogen) atoms. The summed E-state index contributed by atoms with van der Waals surface area (Å²) in [5, 5.41) is 1.19.